The number of benzene rings is 1. The molecule has 0 saturated heterocycles. The SMILES string of the molecule is CCN(C(=O)c1ccc(C=CC(=O)O)s1)c1ccccc1. The van der Waals surface area contributed by atoms with Gasteiger partial charge >= 0.3 is 5.97 Å². The number of hydrogen-bond donors (Lipinski definition) is 1. The lowest BCUT2D eigenvalue weighted by molar-refractivity contribution is -0.131. The number of thiophene rings is 1. The highest BCUT2D eigenvalue weighted by Gasteiger charge is 2.17. The molecule has 0 aliphatic carbocycles. The van der Waals surface area contributed by atoms with Gasteiger partial charge < -0.3 is 10.0 Å². The lowest BCUT2D eigenvalue weighted by Gasteiger charge is -2.20. The van der Waals surface area contributed by atoms with Crippen LogP contribution in [0.15, 0.2) is 48.5 Å². The molecule has 0 atom stereocenters. The van der Waals surface area contributed by atoms with Crippen LogP contribution in [-0.2, 0) is 4.79 Å². The summed E-state index contributed by atoms with van der Waals surface area (Å²) < 4.78 is 0. The number of carbonyl (C=O) groups is 2. The molecule has 0 spiro atoms. The normalized spacial score (nSPS) is 10.7. The molecule has 1 aromatic heterocycles. The van der Waals surface area contributed by atoms with E-state index in [0.717, 1.165) is 16.6 Å². The minimum Gasteiger partial charge on any atom is -0.478 e. The van der Waals surface area contributed by atoms with Crippen molar-refractivity contribution < 1.29 is 14.7 Å². The summed E-state index contributed by atoms with van der Waals surface area (Å²) in [7, 11) is 0. The number of para-hydroxylation sites is 1. The first-order chi connectivity index (χ1) is 10.1. The standard InChI is InChI=1S/C16H15NO3S/c1-2-17(12-6-4-3-5-7-12)16(20)14-10-8-13(21-14)9-11-15(18)19/h3-11H,2H2,1H3,(H,18,19). The van der Waals surface area contributed by atoms with Crippen molar-refractivity contribution in [3.8, 4) is 0 Å². The molecule has 0 aliphatic heterocycles. The second-order valence-electron chi connectivity index (χ2n) is 4.26. The number of anilines is 1. The molecule has 1 amide bonds. The third kappa shape index (κ3) is 3.79. The molecule has 0 fully saturated rings. The monoisotopic (exact) mass is 301 g/mol. The van der Waals surface area contributed by atoms with E-state index < -0.39 is 5.97 Å². The average Bonchev–Trinajstić information content (AvgIpc) is 2.96. The fourth-order valence-corrected chi connectivity index (χ4v) is 2.75. The van der Waals surface area contributed by atoms with Crippen LogP contribution in [0.5, 0.6) is 0 Å². The van der Waals surface area contributed by atoms with Gasteiger partial charge in [0.2, 0.25) is 0 Å². The topological polar surface area (TPSA) is 57.6 Å². The first-order valence-corrected chi connectivity index (χ1v) is 7.31. The van der Waals surface area contributed by atoms with E-state index in [2.05, 4.69) is 0 Å². The molecule has 108 valence electrons. The number of carboxylic acids is 1. The smallest absolute Gasteiger partial charge is 0.328 e. The largest absolute Gasteiger partial charge is 0.478 e. The Bertz CT molecular complexity index is 661. The van der Waals surface area contributed by atoms with Crippen molar-refractivity contribution in [3.63, 3.8) is 0 Å². The highest BCUT2D eigenvalue weighted by atomic mass is 32.1. The Morgan fingerprint density at radius 3 is 2.52 bits per heavy atom. The second-order valence-corrected chi connectivity index (χ2v) is 5.37. The van der Waals surface area contributed by atoms with Crippen molar-refractivity contribution in [1.82, 2.24) is 0 Å². The molecule has 0 bridgehead atoms. The Hall–Kier alpha value is -2.40. The van der Waals surface area contributed by atoms with E-state index in [1.807, 2.05) is 37.3 Å². The van der Waals surface area contributed by atoms with Gasteiger partial charge in [-0.25, -0.2) is 4.79 Å². The number of hydrogen-bond acceptors (Lipinski definition) is 3. The molecule has 1 heterocycles. The summed E-state index contributed by atoms with van der Waals surface area (Å²) in [5, 5.41) is 8.61. The van der Waals surface area contributed by atoms with Gasteiger partial charge in [0.25, 0.3) is 5.91 Å². The number of carbonyl (C=O) groups excluding carboxylic acids is 1. The summed E-state index contributed by atoms with van der Waals surface area (Å²) in [6.45, 7) is 2.49. The van der Waals surface area contributed by atoms with Crippen LogP contribution in [0.2, 0.25) is 0 Å². The maximum Gasteiger partial charge on any atom is 0.328 e. The average molecular weight is 301 g/mol. The third-order valence-electron chi connectivity index (χ3n) is 2.86. The van der Waals surface area contributed by atoms with Gasteiger partial charge in [-0.1, -0.05) is 18.2 Å². The molecule has 2 rings (SSSR count). The van der Waals surface area contributed by atoms with Crippen LogP contribution in [0, 0.1) is 0 Å². The van der Waals surface area contributed by atoms with E-state index in [9.17, 15) is 9.59 Å². The van der Waals surface area contributed by atoms with Crippen LogP contribution in [0.25, 0.3) is 6.08 Å². The van der Waals surface area contributed by atoms with Crippen LogP contribution in [0.1, 0.15) is 21.5 Å². The summed E-state index contributed by atoms with van der Waals surface area (Å²) in [6, 6.07) is 12.9. The second kappa shape index (κ2) is 6.85. The molecule has 0 unspecified atom stereocenters. The summed E-state index contributed by atoms with van der Waals surface area (Å²) in [5.41, 5.74) is 0.848. The predicted molar refractivity (Wildman–Crippen MR) is 84.8 cm³/mol. The van der Waals surface area contributed by atoms with Gasteiger partial charge in [0.05, 0.1) is 4.88 Å². The summed E-state index contributed by atoms with van der Waals surface area (Å²) in [6.07, 6.45) is 2.55. The van der Waals surface area contributed by atoms with Crippen molar-refractivity contribution in [3.05, 3.63) is 58.3 Å². The van der Waals surface area contributed by atoms with Crippen LogP contribution in [0.4, 0.5) is 5.69 Å². The molecular weight excluding hydrogens is 286 g/mol. The molecule has 1 aromatic carbocycles. The van der Waals surface area contributed by atoms with E-state index in [0.29, 0.717) is 11.4 Å². The van der Waals surface area contributed by atoms with Crippen molar-refractivity contribution in [1.29, 1.82) is 0 Å². The van der Waals surface area contributed by atoms with Crippen LogP contribution in [-0.4, -0.2) is 23.5 Å². The molecule has 0 radical (unpaired) electrons. The molecule has 0 aliphatic rings. The summed E-state index contributed by atoms with van der Waals surface area (Å²) >= 11 is 1.28. The zero-order valence-corrected chi connectivity index (χ0v) is 12.3. The van der Waals surface area contributed by atoms with Gasteiger partial charge in [-0.3, -0.25) is 4.79 Å². The third-order valence-corrected chi connectivity index (χ3v) is 3.90. The Labute approximate surface area is 127 Å². The zero-order valence-electron chi connectivity index (χ0n) is 11.5. The number of nitrogens with zero attached hydrogens (tertiary/aromatic N) is 1. The van der Waals surface area contributed by atoms with Crippen molar-refractivity contribution in [2.75, 3.05) is 11.4 Å². The Morgan fingerprint density at radius 1 is 1.19 bits per heavy atom. The van der Waals surface area contributed by atoms with Crippen LogP contribution < -0.4 is 4.90 Å². The molecule has 2 aromatic rings. The van der Waals surface area contributed by atoms with Gasteiger partial charge in [-0.2, -0.15) is 0 Å². The highest BCUT2D eigenvalue weighted by Crippen LogP contribution is 2.23. The lowest BCUT2D eigenvalue weighted by atomic mass is 10.2. The Kier molecular flexibility index (Phi) is 4.90. The number of aliphatic carboxylic acids is 1. The molecular formula is C16H15NO3S. The quantitative estimate of drug-likeness (QED) is 0.860. The molecule has 1 N–H and O–H groups in total. The first kappa shape index (κ1) is 15.0. The van der Waals surface area contributed by atoms with Crippen molar-refractivity contribution in [2.45, 2.75) is 6.92 Å². The van der Waals surface area contributed by atoms with E-state index in [-0.39, 0.29) is 5.91 Å². The molecule has 21 heavy (non-hydrogen) atoms. The fraction of sp³-hybridized carbons (Fsp3) is 0.125. The maximum atomic E-state index is 12.5. The fourth-order valence-electron chi connectivity index (χ4n) is 1.90. The lowest BCUT2D eigenvalue weighted by Crippen LogP contribution is -2.29. The molecule has 0 saturated carbocycles. The van der Waals surface area contributed by atoms with Gasteiger partial charge in [-0.05, 0) is 37.3 Å². The van der Waals surface area contributed by atoms with E-state index in [4.69, 9.17) is 5.11 Å². The zero-order chi connectivity index (χ0) is 15.2. The minimum atomic E-state index is -1.00. The number of rotatable bonds is 5. The summed E-state index contributed by atoms with van der Waals surface area (Å²) in [5.74, 6) is -1.08. The van der Waals surface area contributed by atoms with E-state index >= 15 is 0 Å². The van der Waals surface area contributed by atoms with Crippen molar-refractivity contribution >= 4 is 35.0 Å². The molecule has 5 heteroatoms. The van der Waals surface area contributed by atoms with Gasteiger partial charge in [0.1, 0.15) is 0 Å². The van der Waals surface area contributed by atoms with E-state index in [1.165, 1.54) is 17.4 Å². The number of amides is 1. The summed E-state index contributed by atoms with van der Waals surface area (Å²) in [4.78, 5) is 26.0. The first-order valence-electron chi connectivity index (χ1n) is 6.49. The molecule has 4 nitrogen and oxygen atoms in total. The van der Waals surface area contributed by atoms with Crippen molar-refractivity contribution in [2.24, 2.45) is 0 Å². The maximum absolute atomic E-state index is 12.5. The highest BCUT2D eigenvalue weighted by molar-refractivity contribution is 7.15. The van der Waals surface area contributed by atoms with E-state index in [1.54, 1.807) is 17.0 Å². The minimum absolute atomic E-state index is 0.0799. The van der Waals surface area contributed by atoms with Crippen LogP contribution in [0.3, 0.4) is 0 Å². The van der Waals surface area contributed by atoms with Crippen LogP contribution >= 0.6 is 11.3 Å². The van der Waals surface area contributed by atoms with Gasteiger partial charge in [0.15, 0.2) is 0 Å². The Morgan fingerprint density at radius 2 is 1.90 bits per heavy atom. The van der Waals surface area contributed by atoms with Gasteiger partial charge in [0, 0.05) is 23.2 Å². The number of carboxylic acid groups (broad SMARTS) is 1. The predicted octanol–water partition coefficient (Wildman–Crippen LogP) is 3.51. The van der Waals surface area contributed by atoms with Gasteiger partial charge in [-0.15, -0.1) is 11.3 Å². The Balaban J connectivity index is 2.21.